The van der Waals surface area contributed by atoms with Crippen LogP contribution in [0.5, 0.6) is 0 Å². The van der Waals surface area contributed by atoms with Gasteiger partial charge in [0.05, 0.1) is 11.0 Å². The molecule has 0 aliphatic carbocycles. The Labute approximate surface area is 131 Å². The summed E-state index contributed by atoms with van der Waals surface area (Å²) in [4.78, 5) is 0.358. The van der Waals surface area contributed by atoms with Crippen molar-refractivity contribution >= 4 is 20.8 Å². The van der Waals surface area contributed by atoms with Crippen molar-refractivity contribution in [2.75, 3.05) is 13.1 Å². The third kappa shape index (κ3) is 2.76. The smallest absolute Gasteiger partial charge is 0.243 e. The lowest BCUT2D eigenvalue weighted by molar-refractivity contribution is 0.0885. The van der Waals surface area contributed by atoms with Gasteiger partial charge in [0.15, 0.2) is 0 Å². The van der Waals surface area contributed by atoms with Crippen LogP contribution in [0, 0.1) is 5.92 Å². The van der Waals surface area contributed by atoms with E-state index in [1.54, 1.807) is 19.1 Å². The van der Waals surface area contributed by atoms with E-state index < -0.39 is 16.1 Å². The van der Waals surface area contributed by atoms with Crippen molar-refractivity contribution < 1.29 is 13.5 Å². The van der Waals surface area contributed by atoms with Crippen molar-refractivity contribution in [1.29, 1.82) is 0 Å². The van der Waals surface area contributed by atoms with Gasteiger partial charge in [0, 0.05) is 18.5 Å². The zero-order valence-electron chi connectivity index (χ0n) is 12.6. The van der Waals surface area contributed by atoms with Crippen LogP contribution in [-0.2, 0) is 10.0 Å². The number of aliphatic hydroxyl groups excluding tert-OH is 1. The predicted octanol–water partition coefficient (Wildman–Crippen LogP) is 2.62. The Morgan fingerprint density at radius 3 is 2.68 bits per heavy atom. The van der Waals surface area contributed by atoms with E-state index in [0.717, 1.165) is 23.6 Å². The summed E-state index contributed by atoms with van der Waals surface area (Å²) in [6, 6.07) is 12.9. The molecule has 2 aromatic carbocycles. The number of piperidine rings is 1. The molecule has 2 atom stereocenters. The summed E-state index contributed by atoms with van der Waals surface area (Å²) in [5, 5.41) is 11.5. The van der Waals surface area contributed by atoms with E-state index in [9.17, 15) is 13.5 Å². The number of nitrogens with zero attached hydrogens (tertiary/aromatic N) is 1. The first-order chi connectivity index (χ1) is 10.5. The number of fused-ring (bicyclic) bond motifs is 1. The Morgan fingerprint density at radius 2 is 1.91 bits per heavy atom. The Kier molecular flexibility index (Phi) is 4.21. The highest BCUT2D eigenvalue weighted by Gasteiger charge is 2.32. The molecule has 1 N–H and O–H groups in total. The molecule has 22 heavy (non-hydrogen) atoms. The third-order valence-electron chi connectivity index (χ3n) is 4.47. The molecule has 1 saturated heterocycles. The maximum atomic E-state index is 13.0. The van der Waals surface area contributed by atoms with Crippen molar-refractivity contribution in [3.05, 3.63) is 42.5 Å². The van der Waals surface area contributed by atoms with Crippen LogP contribution in [-0.4, -0.2) is 37.0 Å². The van der Waals surface area contributed by atoms with Gasteiger partial charge >= 0.3 is 0 Å². The number of benzene rings is 2. The Morgan fingerprint density at radius 1 is 1.18 bits per heavy atom. The van der Waals surface area contributed by atoms with Crippen LogP contribution in [0.3, 0.4) is 0 Å². The van der Waals surface area contributed by atoms with Gasteiger partial charge in [-0.3, -0.25) is 0 Å². The highest BCUT2D eigenvalue weighted by Crippen LogP contribution is 2.29. The molecule has 5 heteroatoms. The zero-order valence-corrected chi connectivity index (χ0v) is 13.5. The quantitative estimate of drug-likeness (QED) is 0.946. The predicted molar refractivity (Wildman–Crippen MR) is 87.1 cm³/mol. The van der Waals surface area contributed by atoms with E-state index in [-0.39, 0.29) is 5.92 Å². The highest BCUT2D eigenvalue weighted by molar-refractivity contribution is 7.89. The minimum absolute atomic E-state index is 0.0125. The first kappa shape index (κ1) is 15.5. The van der Waals surface area contributed by atoms with Crippen LogP contribution in [0.2, 0.25) is 0 Å². The molecule has 0 aromatic heterocycles. The highest BCUT2D eigenvalue weighted by atomic mass is 32.2. The molecule has 1 fully saturated rings. The molecule has 4 nitrogen and oxygen atoms in total. The summed E-state index contributed by atoms with van der Waals surface area (Å²) < 4.78 is 27.6. The number of rotatable bonds is 3. The van der Waals surface area contributed by atoms with Crippen LogP contribution in [0.1, 0.15) is 19.8 Å². The van der Waals surface area contributed by atoms with Gasteiger partial charge in [-0.05, 0) is 37.1 Å². The van der Waals surface area contributed by atoms with Gasteiger partial charge < -0.3 is 5.11 Å². The fourth-order valence-electron chi connectivity index (χ4n) is 3.15. The lowest BCUT2D eigenvalue weighted by atomic mass is 9.95. The van der Waals surface area contributed by atoms with Gasteiger partial charge in [-0.25, -0.2) is 8.42 Å². The number of aliphatic hydroxyl groups is 1. The standard InChI is InChI=1S/C17H21NO3S/c1-13(19)15-8-5-11-18(12-15)22(20,21)17-10-4-7-14-6-2-3-9-16(14)17/h2-4,6-7,9-10,13,15,19H,5,8,11-12H2,1H3. The van der Waals surface area contributed by atoms with Gasteiger partial charge in [-0.1, -0.05) is 36.4 Å². The van der Waals surface area contributed by atoms with Crippen LogP contribution < -0.4 is 0 Å². The first-order valence-corrected chi connectivity index (χ1v) is 9.10. The van der Waals surface area contributed by atoms with Gasteiger partial charge in [-0.2, -0.15) is 4.31 Å². The first-order valence-electron chi connectivity index (χ1n) is 7.66. The number of sulfonamides is 1. The number of hydrogen-bond donors (Lipinski definition) is 1. The molecular weight excluding hydrogens is 298 g/mol. The minimum Gasteiger partial charge on any atom is -0.393 e. The van der Waals surface area contributed by atoms with E-state index in [4.69, 9.17) is 0 Å². The summed E-state index contributed by atoms with van der Waals surface area (Å²) in [7, 11) is -3.53. The molecule has 2 unspecified atom stereocenters. The molecule has 3 rings (SSSR count). The molecule has 0 bridgehead atoms. The van der Waals surface area contributed by atoms with Crippen LogP contribution in [0.4, 0.5) is 0 Å². The molecule has 0 spiro atoms. The Hall–Kier alpha value is -1.43. The van der Waals surface area contributed by atoms with E-state index in [1.165, 1.54) is 4.31 Å². The molecule has 0 radical (unpaired) electrons. The van der Waals surface area contributed by atoms with Crippen molar-refractivity contribution in [3.63, 3.8) is 0 Å². The van der Waals surface area contributed by atoms with Crippen molar-refractivity contribution in [2.45, 2.75) is 30.8 Å². The molecule has 1 aliphatic heterocycles. The summed E-state index contributed by atoms with van der Waals surface area (Å²) in [5.41, 5.74) is 0. The Balaban J connectivity index is 2.01. The average Bonchev–Trinajstić information content (AvgIpc) is 2.54. The number of hydrogen-bond acceptors (Lipinski definition) is 3. The van der Waals surface area contributed by atoms with Crippen LogP contribution in [0.15, 0.2) is 47.4 Å². The van der Waals surface area contributed by atoms with Crippen molar-refractivity contribution in [3.8, 4) is 0 Å². The Bertz CT molecular complexity index is 765. The topological polar surface area (TPSA) is 57.6 Å². The lowest BCUT2D eigenvalue weighted by Crippen LogP contribution is -2.42. The van der Waals surface area contributed by atoms with Crippen LogP contribution >= 0.6 is 0 Å². The summed E-state index contributed by atoms with van der Waals surface area (Å²) >= 11 is 0. The maximum absolute atomic E-state index is 13.0. The minimum atomic E-state index is -3.53. The summed E-state index contributed by atoms with van der Waals surface area (Å²) in [6.07, 6.45) is 1.18. The monoisotopic (exact) mass is 319 g/mol. The fourth-order valence-corrected chi connectivity index (χ4v) is 4.90. The average molecular weight is 319 g/mol. The molecule has 2 aromatic rings. The molecular formula is C17H21NO3S. The van der Waals surface area contributed by atoms with E-state index in [1.807, 2.05) is 30.3 Å². The summed E-state index contributed by atoms with van der Waals surface area (Å²) in [6.45, 7) is 2.65. The molecule has 1 heterocycles. The largest absolute Gasteiger partial charge is 0.393 e. The normalized spacial score (nSPS) is 21.8. The van der Waals surface area contributed by atoms with Gasteiger partial charge in [0.25, 0.3) is 0 Å². The second-order valence-corrected chi connectivity index (χ2v) is 7.89. The van der Waals surface area contributed by atoms with Crippen molar-refractivity contribution in [1.82, 2.24) is 4.31 Å². The molecule has 1 aliphatic rings. The molecule has 0 saturated carbocycles. The van der Waals surface area contributed by atoms with E-state index in [2.05, 4.69) is 0 Å². The second-order valence-electron chi connectivity index (χ2n) is 5.98. The second kappa shape index (κ2) is 5.99. The van der Waals surface area contributed by atoms with E-state index >= 15 is 0 Å². The van der Waals surface area contributed by atoms with Gasteiger partial charge in [0.2, 0.25) is 10.0 Å². The van der Waals surface area contributed by atoms with Gasteiger partial charge in [-0.15, -0.1) is 0 Å². The molecule has 0 amide bonds. The lowest BCUT2D eigenvalue weighted by Gasteiger charge is -2.33. The SMILES string of the molecule is CC(O)C1CCCN(S(=O)(=O)c2cccc3ccccc23)C1. The van der Waals surface area contributed by atoms with E-state index in [0.29, 0.717) is 18.0 Å². The maximum Gasteiger partial charge on any atom is 0.243 e. The van der Waals surface area contributed by atoms with Crippen LogP contribution in [0.25, 0.3) is 10.8 Å². The zero-order chi connectivity index (χ0) is 15.7. The fraction of sp³-hybridized carbons (Fsp3) is 0.412. The molecule has 118 valence electrons. The van der Waals surface area contributed by atoms with Crippen molar-refractivity contribution in [2.24, 2.45) is 5.92 Å². The third-order valence-corrected chi connectivity index (χ3v) is 6.39. The summed E-state index contributed by atoms with van der Waals surface area (Å²) in [5.74, 6) is 0.0125. The van der Waals surface area contributed by atoms with Gasteiger partial charge in [0.1, 0.15) is 0 Å².